The van der Waals surface area contributed by atoms with Crippen molar-refractivity contribution in [2.24, 2.45) is 11.8 Å². The molecule has 1 aliphatic carbocycles. The minimum atomic E-state index is 0.417. The second-order valence-corrected chi connectivity index (χ2v) is 5.46. The van der Waals surface area contributed by atoms with Crippen LogP contribution in [-0.2, 0) is 0 Å². The summed E-state index contributed by atoms with van der Waals surface area (Å²) in [6.45, 7) is 4.78. The maximum absolute atomic E-state index is 2.58. The summed E-state index contributed by atoms with van der Waals surface area (Å²) in [5, 5.41) is 0. The van der Waals surface area contributed by atoms with Crippen molar-refractivity contribution in [3.8, 4) is 0 Å². The third-order valence-corrected chi connectivity index (χ3v) is 5.06. The van der Waals surface area contributed by atoms with E-state index in [2.05, 4.69) is 19.4 Å². The molecule has 0 N–H and O–H groups in total. The fourth-order valence-corrected chi connectivity index (χ4v) is 4.40. The van der Waals surface area contributed by atoms with Crippen LogP contribution in [0.1, 0.15) is 13.3 Å². The molecule has 2 rings (SSSR count). The summed E-state index contributed by atoms with van der Waals surface area (Å²) in [5.74, 6) is 4.68. The van der Waals surface area contributed by atoms with Crippen molar-refractivity contribution in [3.05, 3.63) is 0 Å². The Bertz CT molecular complexity index is 148. The quantitative estimate of drug-likeness (QED) is 0.436. The van der Waals surface area contributed by atoms with Crippen molar-refractivity contribution < 1.29 is 0 Å². The minimum Gasteiger partial charge on any atom is -0.0615 e. The summed E-state index contributed by atoms with van der Waals surface area (Å²) < 4.78 is 0. The van der Waals surface area contributed by atoms with Crippen molar-refractivity contribution in [3.63, 3.8) is 0 Å². The van der Waals surface area contributed by atoms with Crippen LogP contribution in [0.15, 0.2) is 0 Å². The SMILES string of the molecule is CC1CC2C1C=[P+]2C. The molecular weight excluding hydrogens is 115 g/mol. The summed E-state index contributed by atoms with van der Waals surface area (Å²) in [7, 11) is 0.417. The molecule has 0 aromatic rings. The van der Waals surface area contributed by atoms with E-state index < -0.39 is 0 Å². The van der Waals surface area contributed by atoms with Gasteiger partial charge >= 0.3 is 0 Å². The largest absolute Gasteiger partial charge is 0.126 e. The molecule has 1 heteroatoms. The molecule has 0 bridgehead atoms. The van der Waals surface area contributed by atoms with Crippen molar-refractivity contribution in [1.29, 1.82) is 0 Å². The van der Waals surface area contributed by atoms with Gasteiger partial charge in [0.1, 0.15) is 5.66 Å². The summed E-state index contributed by atoms with van der Waals surface area (Å²) in [6.07, 6.45) is 1.53. The lowest BCUT2D eigenvalue weighted by molar-refractivity contribution is 0.281. The Morgan fingerprint density at radius 2 is 2.38 bits per heavy atom. The molecule has 44 valence electrons. The van der Waals surface area contributed by atoms with Crippen LogP contribution in [0.25, 0.3) is 0 Å². The van der Waals surface area contributed by atoms with Gasteiger partial charge in [0, 0.05) is 0 Å². The van der Waals surface area contributed by atoms with Gasteiger partial charge in [-0.05, 0) is 12.3 Å². The highest BCUT2D eigenvalue weighted by Gasteiger charge is 2.52. The second kappa shape index (κ2) is 1.36. The fourth-order valence-electron chi connectivity index (χ4n) is 1.84. The van der Waals surface area contributed by atoms with E-state index in [9.17, 15) is 0 Å². The first-order valence-corrected chi connectivity index (χ1v) is 5.28. The highest BCUT2D eigenvalue weighted by molar-refractivity contribution is 7.59. The van der Waals surface area contributed by atoms with E-state index in [0.717, 1.165) is 11.8 Å². The third-order valence-electron chi connectivity index (χ3n) is 2.65. The minimum absolute atomic E-state index is 0.417. The Labute approximate surface area is 51.7 Å². The molecule has 1 heterocycles. The number of hydrogen-bond acceptors (Lipinski definition) is 0. The Morgan fingerprint density at radius 1 is 1.62 bits per heavy atom. The molecule has 0 radical (unpaired) electrons. The molecule has 4 atom stereocenters. The summed E-state index contributed by atoms with van der Waals surface area (Å²) in [6, 6.07) is 0. The van der Waals surface area contributed by atoms with Crippen LogP contribution in [0.5, 0.6) is 0 Å². The summed E-state index contributed by atoms with van der Waals surface area (Å²) in [5.41, 5.74) is 1.17. The lowest BCUT2D eigenvalue weighted by atomic mass is 9.75. The average molecular weight is 127 g/mol. The first-order valence-electron chi connectivity index (χ1n) is 3.36. The predicted octanol–water partition coefficient (Wildman–Crippen LogP) is 1.94. The monoisotopic (exact) mass is 127 g/mol. The van der Waals surface area contributed by atoms with E-state index >= 15 is 0 Å². The molecule has 4 unspecified atom stereocenters. The molecule has 0 nitrogen and oxygen atoms in total. The van der Waals surface area contributed by atoms with Crippen molar-refractivity contribution in [2.45, 2.75) is 19.0 Å². The van der Waals surface area contributed by atoms with Gasteiger partial charge in [0.25, 0.3) is 0 Å². The highest BCUT2D eigenvalue weighted by atomic mass is 31.1. The maximum Gasteiger partial charge on any atom is 0.126 e. The number of hydrogen-bond donors (Lipinski definition) is 0. The van der Waals surface area contributed by atoms with Crippen molar-refractivity contribution in [1.82, 2.24) is 0 Å². The zero-order valence-corrected chi connectivity index (χ0v) is 6.36. The van der Waals surface area contributed by atoms with E-state index in [1.807, 2.05) is 0 Å². The van der Waals surface area contributed by atoms with Crippen LogP contribution >= 0.6 is 7.55 Å². The van der Waals surface area contributed by atoms with Gasteiger partial charge in [0.15, 0.2) is 0 Å². The van der Waals surface area contributed by atoms with Gasteiger partial charge in [0.05, 0.1) is 25.9 Å². The van der Waals surface area contributed by atoms with E-state index in [1.165, 1.54) is 12.1 Å². The lowest BCUT2D eigenvalue weighted by Gasteiger charge is -2.40. The van der Waals surface area contributed by atoms with Gasteiger partial charge in [-0.2, -0.15) is 0 Å². The normalized spacial score (nSPS) is 55.2. The van der Waals surface area contributed by atoms with Crippen LogP contribution in [-0.4, -0.2) is 18.1 Å². The Balaban J connectivity index is 2.15. The van der Waals surface area contributed by atoms with E-state index in [-0.39, 0.29) is 0 Å². The predicted molar refractivity (Wildman–Crippen MR) is 40.0 cm³/mol. The van der Waals surface area contributed by atoms with Gasteiger partial charge in [-0.3, -0.25) is 0 Å². The number of rotatable bonds is 0. The first kappa shape index (κ1) is 4.99. The smallest absolute Gasteiger partial charge is 0.0615 e. The second-order valence-electron chi connectivity index (χ2n) is 3.17. The lowest BCUT2D eigenvalue weighted by Crippen LogP contribution is -2.44. The summed E-state index contributed by atoms with van der Waals surface area (Å²) in [4.78, 5) is 0. The van der Waals surface area contributed by atoms with Gasteiger partial charge in [0.2, 0.25) is 0 Å². The van der Waals surface area contributed by atoms with Gasteiger partial charge in [-0.15, -0.1) is 0 Å². The molecule has 8 heavy (non-hydrogen) atoms. The molecule has 0 spiro atoms. The molecule has 0 saturated heterocycles. The molecule has 0 amide bonds. The van der Waals surface area contributed by atoms with Crippen LogP contribution in [0.4, 0.5) is 0 Å². The zero-order valence-electron chi connectivity index (χ0n) is 5.46. The van der Waals surface area contributed by atoms with Gasteiger partial charge in [-0.25, -0.2) is 0 Å². The molecular formula is C7H12P+. The first-order chi connectivity index (χ1) is 3.79. The Hall–Kier alpha value is 0.170. The third kappa shape index (κ3) is 0.405. The Kier molecular flexibility index (Phi) is 0.849. The molecule has 1 aliphatic heterocycles. The fraction of sp³-hybridized carbons (Fsp3) is 0.857. The summed E-state index contributed by atoms with van der Waals surface area (Å²) >= 11 is 0. The topological polar surface area (TPSA) is 0 Å². The van der Waals surface area contributed by atoms with Crippen molar-refractivity contribution >= 4 is 13.3 Å². The van der Waals surface area contributed by atoms with Crippen LogP contribution in [0.2, 0.25) is 0 Å². The maximum atomic E-state index is 2.58. The Morgan fingerprint density at radius 3 is 2.50 bits per heavy atom. The van der Waals surface area contributed by atoms with Crippen LogP contribution in [0.3, 0.4) is 0 Å². The molecule has 0 aromatic carbocycles. The molecule has 2 aliphatic rings. The molecule has 1 saturated carbocycles. The van der Waals surface area contributed by atoms with E-state index in [0.29, 0.717) is 7.55 Å². The van der Waals surface area contributed by atoms with Crippen LogP contribution in [0, 0.1) is 11.8 Å². The average Bonchev–Trinajstić information content (AvgIpc) is 1.76. The van der Waals surface area contributed by atoms with Crippen LogP contribution < -0.4 is 0 Å². The standard InChI is InChI=1S/C7H12P/c1-5-3-7-6(5)4-8(7)2/h4-7H,3H2,1-2H3/q+1. The van der Waals surface area contributed by atoms with E-state index in [4.69, 9.17) is 0 Å². The van der Waals surface area contributed by atoms with E-state index in [1.54, 1.807) is 0 Å². The van der Waals surface area contributed by atoms with Gasteiger partial charge in [-0.1, -0.05) is 6.92 Å². The highest BCUT2D eigenvalue weighted by Crippen LogP contribution is 2.55. The molecule has 1 fully saturated rings. The molecule has 0 aromatic heterocycles. The zero-order chi connectivity index (χ0) is 5.72. The number of fused-ring (bicyclic) bond motifs is 1. The van der Waals surface area contributed by atoms with Crippen molar-refractivity contribution in [2.75, 3.05) is 6.66 Å². The van der Waals surface area contributed by atoms with Gasteiger partial charge < -0.3 is 0 Å².